The van der Waals surface area contributed by atoms with Crippen LogP contribution in [0.1, 0.15) is 38.4 Å². The normalized spacial score (nSPS) is 15.1. The van der Waals surface area contributed by atoms with Crippen LogP contribution in [0, 0.1) is 5.92 Å². The minimum absolute atomic E-state index is 0.0454. The molecule has 0 aromatic carbocycles. The second-order valence-electron chi connectivity index (χ2n) is 5.20. The summed E-state index contributed by atoms with van der Waals surface area (Å²) in [5, 5.41) is 4.41. The van der Waals surface area contributed by atoms with Gasteiger partial charge in [-0.05, 0) is 42.4 Å². The molecular weight excluding hydrogens is 292 g/mol. The molecule has 0 saturated heterocycles. The number of aromatic nitrogens is 2. The molecule has 4 nitrogen and oxygen atoms in total. The van der Waals surface area contributed by atoms with Crippen molar-refractivity contribution < 1.29 is 0 Å². The largest absolute Gasteiger partial charge is 0.322 e. The summed E-state index contributed by atoms with van der Waals surface area (Å²) in [5.41, 5.74) is 7.50. The van der Waals surface area contributed by atoms with Crippen molar-refractivity contribution >= 4 is 15.9 Å². The molecule has 0 aliphatic heterocycles. The van der Waals surface area contributed by atoms with Gasteiger partial charge in [0.15, 0.2) is 0 Å². The van der Waals surface area contributed by atoms with E-state index in [-0.39, 0.29) is 6.04 Å². The molecule has 1 aromatic heterocycles. The van der Waals surface area contributed by atoms with Crippen LogP contribution < -0.4 is 5.73 Å². The number of halogens is 1. The maximum Gasteiger partial charge on any atom is 0.0696 e. The fourth-order valence-electron chi connectivity index (χ4n) is 2.08. The van der Waals surface area contributed by atoms with Crippen LogP contribution >= 0.6 is 15.9 Å². The van der Waals surface area contributed by atoms with Gasteiger partial charge in [0.2, 0.25) is 0 Å². The van der Waals surface area contributed by atoms with Crippen LogP contribution in [0.4, 0.5) is 0 Å². The van der Waals surface area contributed by atoms with Gasteiger partial charge in [0.05, 0.1) is 29.0 Å². The van der Waals surface area contributed by atoms with Gasteiger partial charge in [-0.1, -0.05) is 20.3 Å². The molecule has 104 valence electrons. The third-order valence-corrected chi connectivity index (χ3v) is 3.88. The van der Waals surface area contributed by atoms with Crippen molar-refractivity contribution in [3.05, 3.63) is 16.4 Å². The van der Waals surface area contributed by atoms with Gasteiger partial charge in [-0.15, -0.1) is 0 Å². The fourth-order valence-corrected chi connectivity index (χ4v) is 2.64. The van der Waals surface area contributed by atoms with Gasteiger partial charge in [-0.25, -0.2) is 0 Å². The highest BCUT2D eigenvalue weighted by molar-refractivity contribution is 9.10. The zero-order valence-electron chi connectivity index (χ0n) is 11.9. The van der Waals surface area contributed by atoms with Gasteiger partial charge in [-0.2, -0.15) is 5.10 Å². The maximum absolute atomic E-state index is 6.37. The summed E-state index contributed by atoms with van der Waals surface area (Å²) in [5.74, 6) is 0.473. The highest BCUT2D eigenvalue weighted by Crippen LogP contribution is 2.28. The fraction of sp³-hybridized carbons (Fsp3) is 0.769. The van der Waals surface area contributed by atoms with Crippen molar-refractivity contribution in [1.29, 1.82) is 0 Å². The first kappa shape index (κ1) is 15.7. The molecule has 0 bridgehead atoms. The number of rotatable bonds is 7. The molecule has 2 atom stereocenters. The molecule has 0 fully saturated rings. The lowest BCUT2D eigenvalue weighted by Gasteiger charge is -2.22. The minimum Gasteiger partial charge on any atom is -0.322 e. The first-order valence-corrected chi connectivity index (χ1v) is 7.38. The van der Waals surface area contributed by atoms with Crippen LogP contribution in [0.2, 0.25) is 0 Å². The van der Waals surface area contributed by atoms with E-state index < -0.39 is 0 Å². The average molecular weight is 317 g/mol. The summed E-state index contributed by atoms with van der Waals surface area (Å²) in [6.45, 7) is 6.25. The van der Waals surface area contributed by atoms with Crippen molar-refractivity contribution in [2.24, 2.45) is 11.7 Å². The van der Waals surface area contributed by atoms with E-state index >= 15 is 0 Å². The zero-order valence-corrected chi connectivity index (χ0v) is 13.4. The third-order valence-electron chi connectivity index (χ3n) is 3.27. The summed E-state index contributed by atoms with van der Waals surface area (Å²) in [7, 11) is 4.13. The molecule has 0 radical (unpaired) electrons. The van der Waals surface area contributed by atoms with Crippen LogP contribution in [0.15, 0.2) is 10.7 Å². The molecule has 0 aliphatic carbocycles. The Balaban J connectivity index is 2.82. The average Bonchev–Trinajstić information content (AvgIpc) is 2.67. The molecule has 0 spiro atoms. The monoisotopic (exact) mass is 316 g/mol. The van der Waals surface area contributed by atoms with E-state index in [0.717, 1.165) is 29.7 Å². The number of hydrogen-bond acceptors (Lipinski definition) is 3. The van der Waals surface area contributed by atoms with Crippen LogP contribution in [-0.2, 0) is 6.54 Å². The third kappa shape index (κ3) is 4.07. The highest BCUT2D eigenvalue weighted by Gasteiger charge is 2.21. The van der Waals surface area contributed by atoms with Gasteiger partial charge in [0.1, 0.15) is 0 Å². The number of nitrogens with zero attached hydrogens (tertiary/aromatic N) is 3. The second-order valence-corrected chi connectivity index (χ2v) is 6.05. The van der Waals surface area contributed by atoms with E-state index in [1.807, 2.05) is 10.9 Å². The van der Waals surface area contributed by atoms with E-state index in [1.54, 1.807) is 0 Å². The lowest BCUT2D eigenvalue weighted by Crippen LogP contribution is -2.26. The molecule has 0 aliphatic rings. The van der Waals surface area contributed by atoms with Gasteiger partial charge in [-0.3, -0.25) is 4.68 Å². The van der Waals surface area contributed by atoms with Crippen molar-refractivity contribution in [3.63, 3.8) is 0 Å². The molecule has 18 heavy (non-hydrogen) atoms. The first-order valence-electron chi connectivity index (χ1n) is 6.58. The van der Waals surface area contributed by atoms with Crippen molar-refractivity contribution in [1.82, 2.24) is 14.7 Å². The van der Waals surface area contributed by atoms with Gasteiger partial charge >= 0.3 is 0 Å². The van der Waals surface area contributed by atoms with Crippen LogP contribution in [-0.4, -0.2) is 35.3 Å². The van der Waals surface area contributed by atoms with Gasteiger partial charge in [0, 0.05) is 6.54 Å². The van der Waals surface area contributed by atoms with E-state index in [0.29, 0.717) is 5.92 Å². The predicted molar refractivity (Wildman–Crippen MR) is 79.5 cm³/mol. The molecule has 0 saturated carbocycles. The van der Waals surface area contributed by atoms with Gasteiger partial charge in [0.25, 0.3) is 0 Å². The standard InChI is InChI=1S/C13H25BrN4/c1-5-6-10(2)12(15)13-11(14)9-16-18(13)8-7-17(3)4/h9-10,12H,5-8,15H2,1-4H3. The van der Waals surface area contributed by atoms with E-state index in [9.17, 15) is 0 Å². The topological polar surface area (TPSA) is 47.1 Å². The van der Waals surface area contributed by atoms with Crippen molar-refractivity contribution in [2.75, 3.05) is 20.6 Å². The second kappa shape index (κ2) is 7.26. The Labute approximate surface area is 119 Å². The quantitative estimate of drug-likeness (QED) is 0.841. The molecule has 5 heteroatoms. The Bertz CT molecular complexity index is 362. The van der Waals surface area contributed by atoms with E-state index in [4.69, 9.17) is 5.73 Å². The summed E-state index contributed by atoms with van der Waals surface area (Å²) in [4.78, 5) is 2.15. The highest BCUT2D eigenvalue weighted by atomic mass is 79.9. The van der Waals surface area contributed by atoms with Crippen molar-refractivity contribution in [3.8, 4) is 0 Å². The van der Waals surface area contributed by atoms with Crippen LogP contribution in [0.25, 0.3) is 0 Å². The smallest absolute Gasteiger partial charge is 0.0696 e. The van der Waals surface area contributed by atoms with Crippen molar-refractivity contribution in [2.45, 2.75) is 39.3 Å². The molecule has 0 amide bonds. The summed E-state index contributed by atoms with van der Waals surface area (Å²) in [6, 6.07) is 0.0454. The summed E-state index contributed by atoms with van der Waals surface area (Å²) < 4.78 is 3.05. The Hall–Kier alpha value is -0.390. The molecule has 1 rings (SSSR count). The lowest BCUT2D eigenvalue weighted by molar-refractivity contribution is 0.353. The number of hydrogen-bond donors (Lipinski definition) is 1. The first-order chi connectivity index (χ1) is 8.47. The predicted octanol–water partition coefficient (Wildman–Crippen LogP) is 2.64. The Morgan fingerprint density at radius 2 is 2.17 bits per heavy atom. The Morgan fingerprint density at radius 1 is 1.50 bits per heavy atom. The number of likely N-dealkylation sites (N-methyl/N-ethyl adjacent to an activating group) is 1. The summed E-state index contributed by atoms with van der Waals surface area (Å²) >= 11 is 3.57. The SMILES string of the molecule is CCCC(C)C(N)c1c(Br)cnn1CCN(C)C. The van der Waals surface area contributed by atoms with E-state index in [2.05, 4.69) is 53.9 Å². The summed E-state index contributed by atoms with van der Waals surface area (Å²) in [6.07, 6.45) is 4.16. The lowest BCUT2D eigenvalue weighted by atomic mass is 9.95. The van der Waals surface area contributed by atoms with E-state index in [1.165, 1.54) is 6.42 Å². The molecule has 1 aromatic rings. The maximum atomic E-state index is 6.37. The molecule has 1 heterocycles. The van der Waals surface area contributed by atoms with Gasteiger partial charge < -0.3 is 10.6 Å². The Morgan fingerprint density at radius 3 is 2.72 bits per heavy atom. The van der Waals surface area contributed by atoms with Crippen LogP contribution in [0.5, 0.6) is 0 Å². The Kier molecular flexibility index (Phi) is 6.32. The minimum atomic E-state index is 0.0454. The number of nitrogens with two attached hydrogens (primary N) is 1. The molecule has 2 unspecified atom stereocenters. The zero-order chi connectivity index (χ0) is 13.7. The molecule has 2 N–H and O–H groups in total. The molecular formula is C13H25BrN4. The van der Waals surface area contributed by atoms with Crippen LogP contribution in [0.3, 0.4) is 0 Å².